The summed E-state index contributed by atoms with van der Waals surface area (Å²) in [5.74, 6) is -0.229. The zero-order valence-electron chi connectivity index (χ0n) is 15.4. The van der Waals surface area contributed by atoms with Gasteiger partial charge in [-0.25, -0.2) is 0 Å². The Morgan fingerprint density at radius 3 is 2.74 bits per heavy atom. The lowest BCUT2D eigenvalue weighted by atomic mass is 9.93. The minimum absolute atomic E-state index is 0.0130. The highest BCUT2D eigenvalue weighted by Gasteiger charge is 2.37. The quantitative estimate of drug-likeness (QED) is 0.607. The molecule has 27 heavy (non-hydrogen) atoms. The van der Waals surface area contributed by atoms with Crippen LogP contribution >= 0.6 is 0 Å². The predicted octanol–water partition coefficient (Wildman–Crippen LogP) is 2.63. The van der Waals surface area contributed by atoms with Crippen LogP contribution < -0.4 is 15.4 Å². The molecule has 3 rings (SSSR count). The molecule has 1 heterocycles. The van der Waals surface area contributed by atoms with Crippen LogP contribution in [-0.2, 0) is 20.8 Å². The number of nitrogens with one attached hydrogen (secondary N) is 2. The molecule has 1 aliphatic heterocycles. The van der Waals surface area contributed by atoms with Crippen molar-refractivity contribution in [1.82, 2.24) is 5.32 Å². The average molecular weight is 374 g/mol. The first-order valence-corrected chi connectivity index (χ1v) is 9.54. The van der Waals surface area contributed by atoms with E-state index >= 15 is 0 Å². The Hall–Kier alpha value is -2.57. The summed E-state index contributed by atoms with van der Waals surface area (Å²) in [4.78, 5) is 34.7. The Morgan fingerprint density at radius 2 is 2.00 bits per heavy atom. The van der Waals surface area contributed by atoms with Crippen molar-refractivity contribution < 1.29 is 24.2 Å². The van der Waals surface area contributed by atoms with Crippen LogP contribution in [0.15, 0.2) is 18.2 Å². The SMILES string of the molecule is O=C(O)CC1(NC(=O)CCCOc2ccc3c(c2)CCC(=O)N3)CCCC1. The van der Waals surface area contributed by atoms with E-state index in [1.807, 2.05) is 18.2 Å². The van der Waals surface area contributed by atoms with Crippen molar-refractivity contribution in [2.24, 2.45) is 0 Å². The average Bonchev–Trinajstić information content (AvgIpc) is 3.05. The van der Waals surface area contributed by atoms with Crippen molar-refractivity contribution in [1.29, 1.82) is 0 Å². The molecule has 7 heteroatoms. The maximum absolute atomic E-state index is 12.2. The number of amides is 2. The third kappa shape index (κ3) is 5.21. The van der Waals surface area contributed by atoms with Gasteiger partial charge in [-0.3, -0.25) is 14.4 Å². The fourth-order valence-corrected chi connectivity index (χ4v) is 3.92. The van der Waals surface area contributed by atoms with Crippen molar-refractivity contribution in [2.75, 3.05) is 11.9 Å². The van der Waals surface area contributed by atoms with Crippen LogP contribution in [0.4, 0.5) is 5.69 Å². The maximum atomic E-state index is 12.2. The number of carboxylic acid groups (broad SMARTS) is 1. The summed E-state index contributed by atoms with van der Waals surface area (Å²) in [6, 6.07) is 5.57. The summed E-state index contributed by atoms with van der Waals surface area (Å²) in [5.41, 5.74) is 1.31. The Balaban J connectivity index is 1.43. The molecule has 0 saturated heterocycles. The van der Waals surface area contributed by atoms with Crippen molar-refractivity contribution >= 4 is 23.5 Å². The lowest BCUT2D eigenvalue weighted by molar-refractivity contribution is -0.139. The largest absolute Gasteiger partial charge is 0.494 e. The molecule has 1 aromatic carbocycles. The van der Waals surface area contributed by atoms with Crippen molar-refractivity contribution in [2.45, 2.75) is 63.3 Å². The van der Waals surface area contributed by atoms with E-state index < -0.39 is 11.5 Å². The van der Waals surface area contributed by atoms with Crippen LogP contribution in [0.5, 0.6) is 5.75 Å². The van der Waals surface area contributed by atoms with E-state index in [1.165, 1.54) is 0 Å². The molecule has 2 amide bonds. The Morgan fingerprint density at radius 1 is 1.22 bits per heavy atom. The van der Waals surface area contributed by atoms with Gasteiger partial charge in [-0.2, -0.15) is 0 Å². The van der Waals surface area contributed by atoms with E-state index in [2.05, 4.69) is 10.6 Å². The normalized spacial score (nSPS) is 17.7. The zero-order valence-corrected chi connectivity index (χ0v) is 15.4. The number of carboxylic acids is 1. The number of carbonyl (C=O) groups excluding carboxylic acids is 2. The molecule has 0 radical (unpaired) electrons. The van der Waals surface area contributed by atoms with E-state index in [4.69, 9.17) is 9.84 Å². The minimum atomic E-state index is -0.871. The van der Waals surface area contributed by atoms with Gasteiger partial charge in [0, 0.05) is 18.5 Å². The van der Waals surface area contributed by atoms with E-state index in [-0.39, 0.29) is 18.2 Å². The summed E-state index contributed by atoms with van der Waals surface area (Å²) in [6.07, 6.45) is 5.40. The number of anilines is 1. The molecule has 1 aromatic rings. The molecule has 2 aliphatic rings. The number of rotatable bonds is 8. The number of hydrogen-bond acceptors (Lipinski definition) is 4. The molecule has 0 aromatic heterocycles. The molecule has 1 saturated carbocycles. The zero-order chi connectivity index (χ0) is 19.3. The van der Waals surface area contributed by atoms with Gasteiger partial charge in [0.15, 0.2) is 0 Å². The molecule has 1 aliphatic carbocycles. The van der Waals surface area contributed by atoms with Crippen LogP contribution in [0.25, 0.3) is 0 Å². The van der Waals surface area contributed by atoms with Gasteiger partial charge in [0.25, 0.3) is 0 Å². The number of aliphatic carboxylic acids is 1. The number of fused-ring (bicyclic) bond motifs is 1. The van der Waals surface area contributed by atoms with Crippen LogP contribution in [0.3, 0.4) is 0 Å². The van der Waals surface area contributed by atoms with Crippen molar-refractivity contribution in [3.8, 4) is 5.75 Å². The second kappa shape index (κ2) is 8.41. The molecule has 7 nitrogen and oxygen atoms in total. The van der Waals surface area contributed by atoms with Gasteiger partial charge in [-0.1, -0.05) is 12.8 Å². The van der Waals surface area contributed by atoms with Gasteiger partial charge in [0.05, 0.1) is 18.6 Å². The number of aryl methyl sites for hydroxylation is 1. The molecule has 1 fully saturated rings. The highest BCUT2D eigenvalue weighted by molar-refractivity contribution is 5.94. The fraction of sp³-hybridized carbons (Fsp3) is 0.550. The van der Waals surface area contributed by atoms with Crippen molar-refractivity contribution in [3.63, 3.8) is 0 Å². The molecule has 0 bridgehead atoms. The maximum Gasteiger partial charge on any atom is 0.305 e. The van der Waals surface area contributed by atoms with Gasteiger partial charge in [-0.05, 0) is 49.4 Å². The summed E-state index contributed by atoms with van der Waals surface area (Å²) < 4.78 is 5.72. The second-order valence-electron chi connectivity index (χ2n) is 7.43. The standard InChI is InChI=1S/C20H26N2O5/c23-17-8-5-14-12-15(6-7-16(14)21-17)27-11-3-4-18(24)22-20(13-19(25)26)9-1-2-10-20/h6-7,12H,1-5,8-11,13H2,(H,21,23)(H,22,24)(H,25,26). The Kier molecular flexibility index (Phi) is 5.98. The Bertz CT molecular complexity index is 725. The molecule has 0 spiro atoms. The van der Waals surface area contributed by atoms with Crippen LogP contribution in [0.1, 0.15) is 56.9 Å². The lowest BCUT2D eigenvalue weighted by Crippen LogP contribution is -2.47. The predicted molar refractivity (Wildman–Crippen MR) is 99.7 cm³/mol. The van der Waals surface area contributed by atoms with Gasteiger partial charge < -0.3 is 20.5 Å². The third-order valence-corrected chi connectivity index (χ3v) is 5.24. The first-order chi connectivity index (χ1) is 13.0. The molecule has 146 valence electrons. The summed E-state index contributed by atoms with van der Waals surface area (Å²) >= 11 is 0. The molecular formula is C20H26N2O5. The first kappa shape index (κ1) is 19.2. The van der Waals surface area contributed by atoms with E-state index in [0.29, 0.717) is 32.3 Å². The second-order valence-corrected chi connectivity index (χ2v) is 7.43. The number of ether oxygens (including phenoxy) is 1. The molecular weight excluding hydrogens is 348 g/mol. The topological polar surface area (TPSA) is 105 Å². The number of benzene rings is 1. The third-order valence-electron chi connectivity index (χ3n) is 5.24. The minimum Gasteiger partial charge on any atom is -0.494 e. The van der Waals surface area contributed by atoms with Crippen LogP contribution in [0, 0.1) is 0 Å². The summed E-state index contributed by atoms with van der Waals surface area (Å²) in [5, 5.41) is 14.9. The highest BCUT2D eigenvalue weighted by Crippen LogP contribution is 2.32. The smallest absolute Gasteiger partial charge is 0.305 e. The van der Waals surface area contributed by atoms with Gasteiger partial charge in [0.2, 0.25) is 11.8 Å². The summed E-state index contributed by atoms with van der Waals surface area (Å²) in [7, 11) is 0. The van der Waals surface area contributed by atoms with E-state index in [9.17, 15) is 14.4 Å². The molecule has 3 N–H and O–H groups in total. The highest BCUT2D eigenvalue weighted by atomic mass is 16.5. The lowest BCUT2D eigenvalue weighted by Gasteiger charge is -2.28. The molecule has 0 atom stereocenters. The van der Waals surface area contributed by atoms with E-state index in [0.717, 1.165) is 42.7 Å². The van der Waals surface area contributed by atoms with Crippen LogP contribution in [-0.4, -0.2) is 35.0 Å². The first-order valence-electron chi connectivity index (χ1n) is 9.54. The summed E-state index contributed by atoms with van der Waals surface area (Å²) in [6.45, 7) is 0.407. The van der Waals surface area contributed by atoms with Crippen molar-refractivity contribution in [3.05, 3.63) is 23.8 Å². The number of hydrogen-bond donors (Lipinski definition) is 3. The number of carbonyl (C=O) groups is 3. The Labute approximate surface area is 158 Å². The van der Waals surface area contributed by atoms with Crippen LogP contribution in [0.2, 0.25) is 0 Å². The van der Waals surface area contributed by atoms with Gasteiger partial charge >= 0.3 is 5.97 Å². The van der Waals surface area contributed by atoms with Gasteiger partial charge in [0.1, 0.15) is 5.75 Å². The van der Waals surface area contributed by atoms with E-state index in [1.54, 1.807) is 0 Å². The fourth-order valence-electron chi connectivity index (χ4n) is 3.92. The van der Waals surface area contributed by atoms with Gasteiger partial charge in [-0.15, -0.1) is 0 Å². The molecule has 0 unspecified atom stereocenters. The monoisotopic (exact) mass is 374 g/mol.